The molecule has 0 fully saturated rings. The lowest BCUT2D eigenvalue weighted by Gasteiger charge is -2.37. The molecule has 1 aliphatic heterocycles. The Hall–Kier alpha value is -2.63. The van der Waals surface area contributed by atoms with Crippen LogP contribution in [-0.2, 0) is 16.0 Å². The summed E-state index contributed by atoms with van der Waals surface area (Å²) in [6.07, 6.45) is 7.02. The van der Waals surface area contributed by atoms with E-state index in [0.717, 1.165) is 23.3 Å². The number of carbonyl (C=O) groups is 1. The van der Waals surface area contributed by atoms with Gasteiger partial charge in [-0.2, -0.15) is 0 Å². The summed E-state index contributed by atoms with van der Waals surface area (Å²) < 4.78 is 11.5. The number of nitrogens with zero attached hydrogens (tertiary/aromatic N) is 2. The molecule has 2 heterocycles. The molecule has 6 nitrogen and oxygen atoms in total. The fourth-order valence-electron chi connectivity index (χ4n) is 4.28. The number of amides is 1. The number of aliphatic hydroxyl groups is 1. The first-order valence-electron chi connectivity index (χ1n) is 11.5. The zero-order chi connectivity index (χ0) is 24.5. The van der Waals surface area contributed by atoms with Crippen molar-refractivity contribution in [2.75, 3.05) is 46.0 Å². The van der Waals surface area contributed by atoms with Crippen LogP contribution in [-0.4, -0.2) is 72.9 Å². The minimum atomic E-state index is -0.741. The number of carbonyl (C=O) groups excluding carboxylic acids is 1. The Morgan fingerprint density at radius 3 is 3.00 bits per heavy atom. The van der Waals surface area contributed by atoms with Crippen molar-refractivity contribution >= 4 is 17.2 Å². The average molecular weight is 483 g/mol. The van der Waals surface area contributed by atoms with Crippen LogP contribution in [0.2, 0.25) is 0 Å². The lowest BCUT2D eigenvalue weighted by molar-refractivity contribution is -0.136. The predicted octanol–water partition coefficient (Wildman–Crippen LogP) is 3.37. The maximum Gasteiger partial charge on any atom is 0.237 e. The van der Waals surface area contributed by atoms with E-state index >= 15 is 0 Å². The van der Waals surface area contributed by atoms with Gasteiger partial charge in [-0.1, -0.05) is 29.7 Å². The van der Waals surface area contributed by atoms with Gasteiger partial charge in [-0.25, -0.2) is 0 Å². The molecule has 1 N–H and O–H groups in total. The van der Waals surface area contributed by atoms with Crippen molar-refractivity contribution in [3.8, 4) is 18.1 Å². The van der Waals surface area contributed by atoms with Crippen molar-refractivity contribution in [3.63, 3.8) is 0 Å². The summed E-state index contributed by atoms with van der Waals surface area (Å²) in [5.41, 5.74) is 3.43. The first kappa shape index (κ1) is 26.0. The zero-order valence-electron chi connectivity index (χ0n) is 20.0. The predicted molar refractivity (Wildman–Crippen MR) is 136 cm³/mol. The van der Waals surface area contributed by atoms with Crippen molar-refractivity contribution in [3.05, 3.63) is 63.9 Å². The van der Waals surface area contributed by atoms with Crippen LogP contribution in [0, 0.1) is 26.2 Å². The molecule has 1 aromatic heterocycles. The number of aryl methyl sites for hydroxylation is 2. The summed E-state index contributed by atoms with van der Waals surface area (Å²) in [7, 11) is 0. The van der Waals surface area contributed by atoms with E-state index in [1.807, 2.05) is 28.9 Å². The highest BCUT2D eigenvalue weighted by Crippen LogP contribution is 2.34. The summed E-state index contributed by atoms with van der Waals surface area (Å²) in [6.45, 7) is 10.2. The van der Waals surface area contributed by atoms with Crippen molar-refractivity contribution < 1.29 is 19.4 Å². The van der Waals surface area contributed by atoms with Crippen LogP contribution < -0.4 is 4.74 Å². The second-order valence-corrected chi connectivity index (χ2v) is 9.59. The molecule has 0 saturated heterocycles. The Morgan fingerprint density at radius 1 is 1.44 bits per heavy atom. The zero-order valence-corrected chi connectivity index (χ0v) is 20.9. The van der Waals surface area contributed by atoms with Gasteiger partial charge in [0.05, 0.1) is 25.3 Å². The molecule has 0 saturated carbocycles. The van der Waals surface area contributed by atoms with Gasteiger partial charge in [0.2, 0.25) is 5.91 Å². The lowest BCUT2D eigenvalue weighted by atomic mass is 10.00. The van der Waals surface area contributed by atoms with Crippen LogP contribution in [0.5, 0.6) is 5.75 Å². The molecule has 0 bridgehead atoms. The fourth-order valence-corrected chi connectivity index (χ4v) is 5.21. The Kier molecular flexibility index (Phi) is 9.73. The van der Waals surface area contributed by atoms with Gasteiger partial charge in [-0.3, -0.25) is 9.69 Å². The molecule has 1 aliphatic rings. The van der Waals surface area contributed by atoms with E-state index < -0.39 is 6.10 Å². The molecule has 3 rings (SSSR count). The third-order valence-corrected chi connectivity index (χ3v) is 6.85. The Morgan fingerprint density at radius 2 is 2.26 bits per heavy atom. The van der Waals surface area contributed by atoms with Gasteiger partial charge in [-0.15, -0.1) is 24.3 Å². The largest absolute Gasteiger partial charge is 0.491 e. The summed E-state index contributed by atoms with van der Waals surface area (Å²) in [6, 6.07) is 8.07. The highest BCUT2D eigenvalue weighted by molar-refractivity contribution is 7.10. The topological polar surface area (TPSA) is 62.2 Å². The maximum absolute atomic E-state index is 13.4. The van der Waals surface area contributed by atoms with E-state index in [1.54, 1.807) is 17.4 Å². The van der Waals surface area contributed by atoms with Gasteiger partial charge in [0.1, 0.15) is 19.0 Å². The SMILES string of the molecule is C#CCOCC(O)CN(CC=C)CC(=O)N1CCc2sccc2C1COc1ccc(C)cc1C. The van der Waals surface area contributed by atoms with E-state index in [1.165, 1.54) is 10.4 Å². The highest BCUT2D eigenvalue weighted by Gasteiger charge is 2.33. The van der Waals surface area contributed by atoms with Crippen LogP contribution in [0.1, 0.15) is 27.6 Å². The second kappa shape index (κ2) is 12.7. The smallest absolute Gasteiger partial charge is 0.237 e. The Bertz CT molecular complexity index is 1010. The quantitative estimate of drug-likeness (QED) is 0.286. The van der Waals surface area contributed by atoms with Crippen LogP contribution in [0.15, 0.2) is 42.3 Å². The number of fused-ring (bicyclic) bond motifs is 1. The van der Waals surface area contributed by atoms with E-state index in [0.29, 0.717) is 26.2 Å². The van der Waals surface area contributed by atoms with Crippen LogP contribution in [0.3, 0.4) is 0 Å². The molecule has 1 amide bonds. The number of aliphatic hydroxyl groups excluding tert-OH is 1. The van der Waals surface area contributed by atoms with E-state index in [9.17, 15) is 9.90 Å². The molecule has 2 atom stereocenters. The van der Waals surface area contributed by atoms with Crippen LogP contribution in [0.25, 0.3) is 0 Å². The van der Waals surface area contributed by atoms with E-state index in [-0.39, 0.29) is 31.7 Å². The monoisotopic (exact) mass is 482 g/mol. The molecular formula is C27H34N2O4S. The number of rotatable bonds is 12. The first-order valence-corrected chi connectivity index (χ1v) is 12.4. The van der Waals surface area contributed by atoms with Gasteiger partial charge in [0, 0.05) is 24.5 Å². The molecule has 182 valence electrons. The first-order chi connectivity index (χ1) is 16.4. The summed E-state index contributed by atoms with van der Waals surface area (Å²) >= 11 is 1.73. The number of hydrogen-bond acceptors (Lipinski definition) is 6. The van der Waals surface area contributed by atoms with Crippen LogP contribution in [0.4, 0.5) is 0 Å². The maximum atomic E-state index is 13.4. The molecule has 0 spiro atoms. The summed E-state index contributed by atoms with van der Waals surface area (Å²) in [5, 5.41) is 12.4. The molecular weight excluding hydrogens is 448 g/mol. The molecule has 34 heavy (non-hydrogen) atoms. The van der Waals surface area contributed by atoms with E-state index in [4.69, 9.17) is 15.9 Å². The lowest BCUT2D eigenvalue weighted by Crippen LogP contribution is -2.48. The minimum absolute atomic E-state index is 0.00433. The molecule has 0 radical (unpaired) electrons. The number of hydrogen-bond donors (Lipinski definition) is 1. The van der Waals surface area contributed by atoms with E-state index in [2.05, 4.69) is 36.9 Å². The summed E-state index contributed by atoms with van der Waals surface area (Å²) in [5.74, 6) is 3.22. The Labute approximate surface area is 206 Å². The van der Waals surface area contributed by atoms with Gasteiger partial charge >= 0.3 is 0 Å². The molecule has 7 heteroatoms. The van der Waals surface area contributed by atoms with Gasteiger partial charge in [0.25, 0.3) is 0 Å². The molecule has 2 unspecified atom stereocenters. The molecule has 2 aromatic rings. The normalized spacial score (nSPS) is 16.1. The third kappa shape index (κ3) is 6.94. The number of thiophene rings is 1. The van der Waals surface area contributed by atoms with Crippen molar-refractivity contribution in [1.29, 1.82) is 0 Å². The average Bonchev–Trinajstić information content (AvgIpc) is 3.28. The second-order valence-electron chi connectivity index (χ2n) is 8.59. The minimum Gasteiger partial charge on any atom is -0.491 e. The van der Waals surface area contributed by atoms with Crippen LogP contribution >= 0.6 is 11.3 Å². The number of benzene rings is 1. The molecule has 1 aromatic carbocycles. The Balaban J connectivity index is 1.69. The van der Waals surface area contributed by atoms with Gasteiger partial charge < -0.3 is 19.5 Å². The highest BCUT2D eigenvalue weighted by atomic mass is 32.1. The molecule has 0 aliphatic carbocycles. The standard InChI is InChI=1S/C27H34N2O4S/c1-5-11-28(16-22(30)18-32-13-6-2)17-27(31)29-12-9-26-23(10-14-34-26)24(29)19-33-25-8-7-20(3)15-21(25)4/h2,5,7-8,10,14-15,22,24,30H,1,9,11-13,16-19H2,3-4H3. The van der Waals surface area contributed by atoms with Crippen molar-refractivity contribution in [1.82, 2.24) is 9.80 Å². The number of terminal acetylenes is 1. The fraction of sp³-hybridized carbons (Fsp3) is 0.444. The third-order valence-electron chi connectivity index (χ3n) is 5.85. The van der Waals surface area contributed by atoms with Gasteiger partial charge in [-0.05, 0) is 48.9 Å². The number of ether oxygens (including phenoxy) is 2. The van der Waals surface area contributed by atoms with Crippen molar-refractivity contribution in [2.45, 2.75) is 32.4 Å². The van der Waals surface area contributed by atoms with Crippen molar-refractivity contribution in [2.24, 2.45) is 0 Å². The summed E-state index contributed by atoms with van der Waals surface area (Å²) in [4.78, 5) is 18.5. The van der Waals surface area contributed by atoms with Gasteiger partial charge in [0.15, 0.2) is 0 Å².